The van der Waals surface area contributed by atoms with Crippen LogP contribution >= 0.6 is 0 Å². The number of ether oxygens (including phenoxy) is 1. The molecule has 2 saturated heterocycles. The van der Waals surface area contributed by atoms with Gasteiger partial charge >= 0.3 is 5.97 Å². The molecule has 4 nitrogen and oxygen atoms in total. The SMILES string of the molecule is CC1=C[C@H]2C[C@]3(C)CC[C@H]4[C@H](C)C(=O)O[C@@H]4[C@@]13OO2. The second-order valence-electron chi connectivity index (χ2n) is 6.92. The summed E-state index contributed by atoms with van der Waals surface area (Å²) in [5.74, 6) is 0.139. The molecule has 2 aliphatic carbocycles. The Bertz CT molecular complexity index is 485. The first-order valence-electron chi connectivity index (χ1n) is 7.22. The minimum atomic E-state index is -0.564. The Kier molecular flexibility index (Phi) is 2.14. The van der Waals surface area contributed by atoms with E-state index in [0.29, 0.717) is 0 Å². The Hall–Kier alpha value is -0.870. The highest BCUT2D eigenvalue weighted by Crippen LogP contribution is 2.63. The van der Waals surface area contributed by atoms with Gasteiger partial charge in [-0.3, -0.25) is 4.79 Å². The van der Waals surface area contributed by atoms with Crippen molar-refractivity contribution in [1.29, 1.82) is 0 Å². The lowest BCUT2D eigenvalue weighted by Gasteiger charge is -2.60. The molecule has 2 bridgehead atoms. The standard InChI is InChI=1S/C15H20O4/c1-8-6-10-7-14(3)5-4-11-9(2)13(16)17-12(11)15(8,14)19-18-10/h6,9-12H,4-5,7H2,1-3H3/t9-,10-,11-,12-,14-,15-/m0/s1. The predicted molar refractivity (Wildman–Crippen MR) is 66.9 cm³/mol. The molecule has 6 atom stereocenters. The largest absolute Gasteiger partial charge is 0.458 e. The first kappa shape index (κ1) is 11.9. The van der Waals surface area contributed by atoms with E-state index in [4.69, 9.17) is 14.5 Å². The van der Waals surface area contributed by atoms with Gasteiger partial charge in [0.15, 0.2) is 5.60 Å². The van der Waals surface area contributed by atoms with Crippen molar-refractivity contribution in [2.24, 2.45) is 17.3 Å². The third kappa shape index (κ3) is 1.20. The third-order valence-electron chi connectivity index (χ3n) is 5.95. The van der Waals surface area contributed by atoms with Crippen LogP contribution in [0.3, 0.4) is 0 Å². The molecular weight excluding hydrogens is 244 g/mol. The lowest BCUT2D eigenvalue weighted by Crippen LogP contribution is -2.68. The van der Waals surface area contributed by atoms with E-state index in [1.807, 2.05) is 6.92 Å². The molecule has 1 spiro atoms. The molecule has 3 heterocycles. The van der Waals surface area contributed by atoms with Gasteiger partial charge in [0.1, 0.15) is 12.2 Å². The summed E-state index contributed by atoms with van der Waals surface area (Å²) in [6.45, 7) is 6.32. The molecule has 3 aliphatic heterocycles. The zero-order chi connectivity index (χ0) is 13.4. The molecule has 0 aromatic carbocycles. The minimum Gasteiger partial charge on any atom is -0.458 e. The second-order valence-corrected chi connectivity index (χ2v) is 6.92. The molecule has 3 fully saturated rings. The summed E-state index contributed by atoms with van der Waals surface area (Å²) in [6, 6.07) is 0. The number of fused-ring (bicyclic) bond motifs is 2. The lowest BCUT2D eigenvalue weighted by molar-refractivity contribution is -0.451. The van der Waals surface area contributed by atoms with Crippen LogP contribution in [0.5, 0.6) is 0 Å². The molecule has 4 heteroatoms. The maximum atomic E-state index is 12.0. The number of rotatable bonds is 0. The Morgan fingerprint density at radius 3 is 2.95 bits per heavy atom. The van der Waals surface area contributed by atoms with Gasteiger partial charge in [-0.05, 0) is 31.8 Å². The van der Waals surface area contributed by atoms with E-state index in [0.717, 1.165) is 19.3 Å². The average Bonchev–Trinajstić information content (AvgIpc) is 2.65. The molecule has 1 saturated carbocycles. The summed E-state index contributed by atoms with van der Waals surface area (Å²) in [4.78, 5) is 23.3. The highest BCUT2D eigenvalue weighted by atomic mass is 17.2. The molecule has 0 aromatic heterocycles. The summed E-state index contributed by atoms with van der Waals surface area (Å²) in [6.07, 6.45) is 5.08. The van der Waals surface area contributed by atoms with Crippen molar-refractivity contribution in [3.8, 4) is 0 Å². The molecule has 0 aromatic rings. The van der Waals surface area contributed by atoms with Gasteiger partial charge in [-0.15, -0.1) is 0 Å². The van der Waals surface area contributed by atoms with Gasteiger partial charge in [-0.2, -0.15) is 0 Å². The lowest BCUT2D eigenvalue weighted by atomic mass is 9.52. The quantitative estimate of drug-likeness (QED) is 0.383. The summed E-state index contributed by atoms with van der Waals surface area (Å²) in [7, 11) is 0. The molecule has 0 amide bonds. The minimum absolute atomic E-state index is 0.0141. The fourth-order valence-corrected chi connectivity index (χ4v) is 4.83. The van der Waals surface area contributed by atoms with Crippen LogP contribution in [0.25, 0.3) is 0 Å². The van der Waals surface area contributed by atoms with Crippen molar-refractivity contribution in [2.75, 3.05) is 0 Å². The summed E-state index contributed by atoms with van der Waals surface area (Å²) < 4.78 is 5.72. The maximum Gasteiger partial charge on any atom is 0.309 e. The van der Waals surface area contributed by atoms with Crippen molar-refractivity contribution >= 4 is 5.97 Å². The highest BCUT2D eigenvalue weighted by Gasteiger charge is 2.70. The molecule has 0 N–H and O–H groups in total. The van der Waals surface area contributed by atoms with Gasteiger partial charge in [-0.1, -0.05) is 19.9 Å². The summed E-state index contributed by atoms with van der Waals surface area (Å²) in [5, 5.41) is 0. The van der Waals surface area contributed by atoms with E-state index in [1.165, 1.54) is 5.57 Å². The fraction of sp³-hybridized carbons (Fsp3) is 0.800. The Morgan fingerprint density at radius 2 is 2.21 bits per heavy atom. The molecule has 5 rings (SSSR count). The smallest absolute Gasteiger partial charge is 0.309 e. The van der Waals surface area contributed by atoms with Crippen LogP contribution in [-0.4, -0.2) is 23.8 Å². The van der Waals surface area contributed by atoms with Crippen LogP contribution in [0.4, 0.5) is 0 Å². The van der Waals surface area contributed by atoms with E-state index >= 15 is 0 Å². The maximum absolute atomic E-state index is 12.0. The monoisotopic (exact) mass is 264 g/mol. The number of hydrogen-bond donors (Lipinski definition) is 0. The number of hydrogen-bond acceptors (Lipinski definition) is 4. The van der Waals surface area contributed by atoms with Gasteiger partial charge in [-0.25, -0.2) is 9.78 Å². The third-order valence-corrected chi connectivity index (χ3v) is 5.95. The molecule has 19 heavy (non-hydrogen) atoms. The molecule has 5 aliphatic rings. The second kappa shape index (κ2) is 3.41. The highest BCUT2D eigenvalue weighted by molar-refractivity contribution is 5.75. The van der Waals surface area contributed by atoms with Gasteiger partial charge < -0.3 is 4.74 Å². The van der Waals surface area contributed by atoms with Crippen molar-refractivity contribution in [3.63, 3.8) is 0 Å². The van der Waals surface area contributed by atoms with Crippen LogP contribution < -0.4 is 0 Å². The van der Waals surface area contributed by atoms with E-state index in [2.05, 4.69) is 19.9 Å². The average molecular weight is 264 g/mol. The number of carbonyl (C=O) groups excluding carboxylic acids is 1. The van der Waals surface area contributed by atoms with Crippen molar-refractivity contribution < 1.29 is 19.3 Å². The van der Waals surface area contributed by atoms with Gasteiger partial charge in [0.05, 0.1) is 5.92 Å². The zero-order valence-electron chi connectivity index (χ0n) is 11.6. The van der Waals surface area contributed by atoms with E-state index in [9.17, 15) is 4.79 Å². The van der Waals surface area contributed by atoms with E-state index in [1.54, 1.807) is 0 Å². The van der Waals surface area contributed by atoms with Crippen LogP contribution in [0.2, 0.25) is 0 Å². The number of carbonyl (C=O) groups is 1. The first-order chi connectivity index (χ1) is 8.98. The van der Waals surface area contributed by atoms with E-state index < -0.39 is 5.60 Å². The Labute approximate surface area is 113 Å². The van der Waals surface area contributed by atoms with E-state index in [-0.39, 0.29) is 35.4 Å². The molecule has 0 unspecified atom stereocenters. The zero-order valence-corrected chi connectivity index (χ0v) is 11.6. The molecular formula is C15H20O4. The van der Waals surface area contributed by atoms with Gasteiger partial charge in [0.25, 0.3) is 0 Å². The predicted octanol–water partition coefficient (Wildman–Crippen LogP) is 2.38. The van der Waals surface area contributed by atoms with Crippen LogP contribution in [-0.2, 0) is 19.3 Å². The van der Waals surface area contributed by atoms with Crippen molar-refractivity contribution in [2.45, 2.75) is 57.8 Å². The Balaban J connectivity index is 1.87. The van der Waals surface area contributed by atoms with Crippen LogP contribution in [0, 0.1) is 17.3 Å². The summed E-state index contributed by atoms with van der Waals surface area (Å²) >= 11 is 0. The fourth-order valence-electron chi connectivity index (χ4n) is 4.83. The number of esters is 1. The van der Waals surface area contributed by atoms with Crippen molar-refractivity contribution in [3.05, 3.63) is 11.6 Å². The first-order valence-corrected chi connectivity index (χ1v) is 7.22. The van der Waals surface area contributed by atoms with Crippen LogP contribution in [0.1, 0.15) is 40.0 Å². The van der Waals surface area contributed by atoms with Gasteiger partial charge in [0.2, 0.25) is 0 Å². The topological polar surface area (TPSA) is 44.8 Å². The normalized spacial score (nSPS) is 55.3. The van der Waals surface area contributed by atoms with Crippen molar-refractivity contribution in [1.82, 2.24) is 0 Å². The summed E-state index contributed by atoms with van der Waals surface area (Å²) in [5.41, 5.74) is 0.625. The molecule has 0 radical (unpaired) electrons. The van der Waals surface area contributed by atoms with Gasteiger partial charge in [0, 0.05) is 11.3 Å². The Morgan fingerprint density at radius 1 is 1.42 bits per heavy atom. The molecule has 104 valence electrons. The van der Waals surface area contributed by atoms with Crippen LogP contribution in [0.15, 0.2) is 11.6 Å².